The SMILES string of the molecule is Cc1ncc(-c2cnc3c(c2)CNCC3)s1. The summed E-state index contributed by atoms with van der Waals surface area (Å²) < 4.78 is 0. The van der Waals surface area contributed by atoms with Crippen molar-refractivity contribution in [1.82, 2.24) is 15.3 Å². The van der Waals surface area contributed by atoms with E-state index in [0.717, 1.165) is 24.5 Å². The minimum absolute atomic E-state index is 0.938. The Morgan fingerprint density at radius 1 is 1.31 bits per heavy atom. The number of aryl methyl sites for hydroxylation is 1. The lowest BCUT2D eigenvalue weighted by molar-refractivity contribution is 0.630. The average Bonchev–Trinajstić information content (AvgIpc) is 2.75. The van der Waals surface area contributed by atoms with Gasteiger partial charge in [0.2, 0.25) is 0 Å². The number of hydrogen-bond donors (Lipinski definition) is 1. The van der Waals surface area contributed by atoms with E-state index in [1.807, 2.05) is 19.3 Å². The monoisotopic (exact) mass is 231 g/mol. The molecule has 0 amide bonds. The molecule has 1 N–H and O–H groups in total. The van der Waals surface area contributed by atoms with Gasteiger partial charge in [0.05, 0.1) is 9.88 Å². The van der Waals surface area contributed by atoms with Crippen molar-refractivity contribution in [1.29, 1.82) is 0 Å². The molecule has 3 nitrogen and oxygen atoms in total. The highest BCUT2D eigenvalue weighted by molar-refractivity contribution is 7.15. The molecule has 0 atom stereocenters. The van der Waals surface area contributed by atoms with Gasteiger partial charge < -0.3 is 5.32 Å². The predicted octanol–water partition coefficient (Wildman–Crippen LogP) is 2.16. The van der Waals surface area contributed by atoms with E-state index >= 15 is 0 Å². The molecule has 16 heavy (non-hydrogen) atoms. The Bertz CT molecular complexity index is 519. The molecule has 0 aliphatic carbocycles. The Morgan fingerprint density at radius 2 is 2.25 bits per heavy atom. The van der Waals surface area contributed by atoms with Crippen LogP contribution in [0.4, 0.5) is 0 Å². The van der Waals surface area contributed by atoms with E-state index in [1.54, 1.807) is 11.3 Å². The number of pyridine rings is 1. The molecule has 1 aliphatic heterocycles. The van der Waals surface area contributed by atoms with E-state index in [9.17, 15) is 0 Å². The predicted molar refractivity (Wildman–Crippen MR) is 65.5 cm³/mol. The molecule has 3 heterocycles. The van der Waals surface area contributed by atoms with Crippen LogP contribution in [-0.4, -0.2) is 16.5 Å². The number of thiazole rings is 1. The van der Waals surface area contributed by atoms with Gasteiger partial charge in [-0.15, -0.1) is 11.3 Å². The van der Waals surface area contributed by atoms with Gasteiger partial charge in [-0.05, 0) is 18.6 Å². The first-order chi connectivity index (χ1) is 7.83. The zero-order chi connectivity index (χ0) is 11.0. The van der Waals surface area contributed by atoms with Crippen molar-refractivity contribution in [3.63, 3.8) is 0 Å². The first-order valence-electron chi connectivity index (χ1n) is 5.44. The van der Waals surface area contributed by atoms with Gasteiger partial charge in [-0.3, -0.25) is 4.98 Å². The van der Waals surface area contributed by atoms with E-state index in [1.165, 1.54) is 21.7 Å². The van der Waals surface area contributed by atoms with Crippen molar-refractivity contribution < 1.29 is 0 Å². The van der Waals surface area contributed by atoms with E-state index in [4.69, 9.17) is 0 Å². The van der Waals surface area contributed by atoms with Crippen LogP contribution in [0.25, 0.3) is 10.4 Å². The molecule has 4 heteroatoms. The zero-order valence-corrected chi connectivity index (χ0v) is 9.97. The van der Waals surface area contributed by atoms with Crippen LogP contribution < -0.4 is 5.32 Å². The standard InChI is InChI=1S/C12H13N3S/c1-8-14-7-12(16-8)10-4-9-5-13-3-2-11(9)15-6-10/h4,6-7,13H,2-3,5H2,1H3. The minimum Gasteiger partial charge on any atom is -0.312 e. The quantitative estimate of drug-likeness (QED) is 0.817. The maximum Gasteiger partial charge on any atom is 0.0900 e. The highest BCUT2D eigenvalue weighted by Gasteiger charge is 2.11. The molecule has 1 aliphatic rings. The second-order valence-electron chi connectivity index (χ2n) is 4.00. The van der Waals surface area contributed by atoms with E-state index in [2.05, 4.69) is 21.4 Å². The average molecular weight is 231 g/mol. The summed E-state index contributed by atoms with van der Waals surface area (Å²) >= 11 is 1.72. The fourth-order valence-electron chi connectivity index (χ4n) is 1.98. The summed E-state index contributed by atoms with van der Waals surface area (Å²) in [6.45, 7) is 4.01. The summed E-state index contributed by atoms with van der Waals surface area (Å²) in [6.07, 6.45) is 4.94. The molecule has 0 saturated carbocycles. The van der Waals surface area contributed by atoms with Crippen LogP contribution in [-0.2, 0) is 13.0 Å². The van der Waals surface area contributed by atoms with Crippen LogP contribution in [0.2, 0.25) is 0 Å². The van der Waals surface area contributed by atoms with Gasteiger partial charge in [-0.2, -0.15) is 0 Å². The number of fused-ring (bicyclic) bond motifs is 1. The van der Waals surface area contributed by atoms with Crippen LogP contribution >= 0.6 is 11.3 Å². The maximum absolute atomic E-state index is 4.54. The minimum atomic E-state index is 0.938. The molecule has 2 aromatic rings. The second kappa shape index (κ2) is 3.96. The molecule has 0 fully saturated rings. The Hall–Kier alpha value is -1.26. The van der Waals surface area contributed by atoms with Gasteiger partial charge in [0.1, 0.15) is 0 Å². The number of nitrogens with zero attached hydrogens (tertiary/aromatic N) is 2. The molecule has 0 bridgehead atoms. The summed E-state index contributed by atoms with van der Waals surface area (Å²) in [4.78, 5) is 10.0. The van der Waals surface area contributed by atoms with Crippen LogP contribution in [0.15, 0.2) is 18.5 Å². The van der Waals surface area contributed by atoms with Gasteiger partial charge >= 0.3 is 0 Å². The molecule has 2 aromatic heterocycles. The van der Waals surface area contributed by atoms with Crippen molar-refractivity contribution in [3.05, 3.63) is 34.7 Å². The van der Waals surface area contributed by atoms with Crippen molar-refractivity contribution >= 4 is 11.3 Å². The molecule has 0 spiro atoms. The fraction of sp³-hybridized carbons (Fsp3) is 0.333. The molecule has 0 saturated heterocycles. The highest BCUT2D eigenvalue weighted by Crippen LogP contribution is 2.27. The third kappa shape index (κ3) is 1.74. The Morgan fingerprint density at radius 3 is 3.06 bits per heavy atom. The smallest absolute Gasteiger partial charge is 0.0900 e. The van der Waals surface area contributed by atoms with Crippen molar-refractivity contribution in [2.24, 2.45) is 0 Å². The van der Waals surface area contributed by atoms with Crippen molar-refractivity contribution in [3.8, 4) is 10.4 Å². The van der Waals surface area contributed by atoms with Crippen molar-refractivity contribution in [2.75, 3.05) is 6.54 Å². The van der Waals surface area contributed by atoms with E-state index in [-0.39, 0.29) is 0 Å². The molecule has 82 valence electrons. The number of rotatable bonds is 1. The van der Waals surface area contributed by atoms with Gasteiger partial charge in [0.15, 0.2) is 0 Å². The molecular weight excluding hydrogens is 218 g/mol. The summed E-state index contributed by atoms with van der Waals surface area (Å²) in [5.74, 6) is 0. The lowest BCUT2D eigenvalue weighted by atomic mass is 10.1. The van der Waals surface area contributed by atoms with Gasteiger partial charge in [-0.1, -0.05) is 0 Å². The van der Waals surface area contributed by atoms with Crippen molar-refractivity contribution in [2.45, 2.75) is 19.9 Å². The second-order valence-corrected chi connectivity index (χ2v) is 5.23. The molecule has 0 unspecified atom stereocenters. The lowest BCUT2D eigenvalue weighted by Crippen LogP contribution is -2.24. The first-order valence-corrected chi connectivity index (χ1v) is 6.26. The summed E-state index contributed by atoms with van der Waals surface area (Å²) in [6, 6.07) is 2.24. The Labute approximate surface area is 98.6 Å². The largest absolute Gasteiger partial charge is 0.312 e. The fourth-order valence-corrected chi connectivity index (χ4v) is 2.73. The number of hydrogen-bond acceptors (Lipinski definition) is 4. The molecule has 3 rings (SSSR count). The highest BCUT2D eigenvalue weighted by atomic mass is 32.1. The lowest BCUT2D eigenvalue weighted by Gasteiger charge is -2.16. The molecule has 0 aromatic carbocycles. The molecule has 0 radical (unpaired) electrons. The Balaban J connectivity index is 2.02. The topological polar surface area (TPSA) is 37.8 Å². The normalized spacial score (nSPS) is 14.8. The van der Waals surface area contributed by atoms with E-state index in [0.29, 0.717) is 0 Å². The van der Waals surface area contributed by atoms with Crippen LogP contribution in [0.3, 0.4) is 0 Å². The maximum atomic E-state index is 4.54. The Kier molecular flexibility index (Phi) is 2.46. The first kappa shape index (κ1) is 9.93. The summed E-state index contributed by atoms with van der Waals surface area (Å²) in [7, 11) is 0. The summed E-state index contributed by atoms with van der Waals surface area (Å²) in [5.41, 5.74) is 3.76. The zero-order valence-electron chi connectivity index (χ0n) is 9.16. The van der Waals surface area contributed by atoms with Gasteiger partial charge in [0, 0.05) is 43.2 Å². The number of nitrogens with one attached hydrogen (secondary N) is 1. The number of aromatic nitrogens is 2. The third-order valence-electron chi connectivity index (χ3n) is 2.82. The van der Waals surface area contributed by atoms with Crippen LogP contribution in [0.5, 0.6) is 0 Å². The van der Waals surface area contributed by atoms with E-state index < -0.39 is 0 Å². The van der Waals surface area contributed by atoms with Gasteiger partial charge in [0.25, 0.3) is 0 Å². The van der Waals surface area contributed by atoms with Crippen LogP contribution in [0, 0.1) is 6.92 Å². The van der Waals surface area contributed by atoms with Crippen LogP contribution in [0.1, 0.15) is 16.3 Å². The third-order valence-corrected chi connectivity index (χ3v) is 3.78. The summed E-state index contributed by atoms with van der Waals surface area (Å²) in [5, 5.41) is 4.48. The molecular formula is C12H13N3S. The van der Waals surface area contributed by atoms with Gasteiger partial charge in [-0.25, -0.2) is 4.98 Å².